The smallest absolute Gasteiger partial charge is 0.297 e. The van der Waals surface area contributed by atoms with Crippen molar-refractivity contribution in [1.82, 2.24) is 24.8 Å². The number of nitrogens with zero attached hydrogens (tertiary/aromatic N) is 5. The van der Waals surface area contributed by atoms with Crippen LogP contribution >= 0.6 is 0 Å². The van der Waals surface area contributed by atoms with E-state index in [4.69, 9.17) is 0 Å². The van der Waals surface area contributed by atoms with Crippen LogP contribution in [-0.2, 0) is 6.54 Å². The molecule has 1 saturated heterocycles. The zero-order valence-corrected chi connectivity index (χ0v) is 16.6. The van der Waals surface area contributed by atoms with Gasteiger partial charge in [0.1, 0.15) is 11.6 Å². The van der Waals surface area contributed by atoms with Crippen molar-refractivity contribution in [3.05, 3.63) is 70.5 Å². The Labute approximate surface area is 176 Å². The van der Waals surface area contributed by atoms with E-state index in [1.807, 2.05) is 35.2 Å². The molecule has 0 amide bonds. The molecule has 158 valence electrons. The average molecular weight is 422 g/mol. The van der Waals surface area contributed by atoms with Gasteiger partial charge < -0.3 is 9.88 Å². The number of alkyl halides is 2. The van der Waals surface area contributed by atoms with Crippen molar-refractivity contribution in [2.75, 3.05) is 31.1 Å². The molecule has 3 heterocycles. The number of hydrogen-bond acceptors (Lipinski definition) is 6. The summed E-state index contributed by atoms with van der Waals surface area (Å²) in [7, 11) is 0. The number of benzene rings is 2. The maximum Gasteiger partial charge on any atom is 0.297 e. The largest absolute Gasteiger partial charge is 0.353 e. The van der Waals surface area contributed by atoms with E-state index in [0.29, 0.717) is 60.8 Å². The zero-order valence-electron chi connectivity index (χ0n) is 16.6. The molecular formula is C22H20F2N6O. The third-order valence-corrected chi connectivity index (χ3v) is 5.50. The quantitative estimate of drug-likeness (QED) is 0.545. The summed E-state index contributed by atoms with van der Waals surface area (Å²) in [4.78, 5) is 32.1. The third kappa shape index (κ3) is 3.84. The van der Waals surface area contributed by atoms with E-state index in [-0.39, 0.29) is 5.56 Å². The first-order valence-corrected chi connectivity index (χ1v) is 10.1. The van der Waals surface area contributed by atoms with Crippen LogP contribution in [0, 0.1) is 0 Å². The predicted octanol–water partition coefficient (Wildman–Crippen LogP) is 3.13. The fourth-order valence-electron chi connectivity index (χ4n) is 3.96. The Bertz CT molecular complexity index is 1300. The van der Waals surface area contributed by atoms with Crippen LogP contribution in [0.4, 0.5) is 14.6 Å². The maximum absolute atomic E-state index is 13.3. The molecule has 9 heteroatoms. The van der Waals surface area contributed by atoms with Gasteiger partial charge in [0.2, 0.25) is 0 Å². The summed E-state index contributed by atoms with van der Waals surface area (Å²) < 4.78 is 26.6. The number of anilines is 1. The molecule has 0 bridgehead atoms. The first-order chi connectivity index (χ1) is 15.1. The Morgan fingerprint density at radius 1 is 0.871 bits per heavy atom. The normalized spacial score (nSPS) is 15.3. The van der Waals surface area contributed by atoms with Crippen molar-refractivity contribution < 1.29 is 8.78 Å². The van der Waals surface area contributed by atoms with Crippen LogP contribution in [-0.4, -0.2) is 51.0 Å². The molecule has 0 radical (unpaired) electrons. The molecule has 31 heavy (non-hydrogen) atoms. The van der Waals surface area contributed by atoms with Gasteiger partial charge >= 0.3 is 0 Å². The topological polar surface area (TPSA) is 78.0 Å². The Hall–Kier alpha value is -3.46. The van der Waals surface area contributed by atoms with Gasteiger partial charge in [0.25, 0.3) is 12.0 Å². The predicted molar refractivity (Wildman–Crippen MR) is 114 cm³/mol. The van der Waals surface area contributed by atoms with Gasteiger partial charge in [-0.05, 0) is 24.3 Å². The minimum Gasteiger partial charge on any atom is -0.353 e. The minimum atomic E-state index is -2.72. The number of piperazine rings is 1. The van der Waals surface area contributed by atoms with Crippen molar-refractivity contribution >= 4 is 27.6 Å². The van der Waals surface area contributed by atoms with Crippen LogP contribution in [0.5, 0.6) is 0 Å². The lowest BCUT2D eigenvalue weighted by Crippen LogP contribution is -2.46. The Kier molecular flexibility index (Phi) is 5.03. The van der Waals surface area contributed by atoms with Crippen LogP contribution in [0.3, 0.4) is 0 Å². The second-order valence-electron chi connectivity index (χ2n) is 7.52. The van der Waals surface area contributed by atoms with E-state index >= 15 is 0 Å². The number of aromatic amines is 1. The summed E-state index contributed by atoms with van der Waals surface area (Å²) in [6.07, 6.45) is -2.72. The number of halogens is 2. The van der Waals surface area contributed by atoms with Crippen molar-refractivity contribution in [1.29, 1.82) is 0 Å². The highest BCUT2D eigenvalue weighted by atomic mass is 19.3. The summed E-state index contributed by atoms with van der Waals surface area (Å²) in [6.45, 7) is 3.15. The molecule has 0 spiro atoms. The highest BCUT2D eigenvalue weighted by Crippen LogP contribution is 2.28. The van der Waals surface area contributed by atoms with Crippen LogP contribution < -0.4 is 10.5 Å². The molecule has 0 saturated carbocycles. The van der Waals surface area contributed by atoms with Gasteiger partial charge in [-0.25, -0.2) is 23.7 Å². The van der Waals surface area contributed by atoms with Gasteiger partial charge in [0, 0.05) is 31.6 Å². The Morgan fingerprint density at radius 2 is 1.52 bits per heavy atom. The Morgan fingerprint density at radius 3 is 2.23 bits per heavy atom. The number of rotatable bonds is 4. The summed E-state index contributed by atoms with van der Waals surface area (Å²) in [5.41, 5.74) is 1.04. The SMILES string of the molecule is O=c1[nH]c(CN2CCN(c3nc(C(F)F)nc4ccccc34)CC2)nc2ccccc12. The van der Waals surface area contributed by atoms with E-state index in [1.54, 1.807) is 18.2 Å². The fourth-order valence-corrected chi connectivity index (χ4v) is 3.96. The number of para-hydroxylation sites is 2. The van der Waals surface area contributed by atoms with Crippen LogP contribution in [0.2, 0.25) is 0 Å². The summed E-state index contributed by atoms with van der Waals surface area (Å²) in [5.74, 6) is 0.705. The van der Waals surface area contributed by atoms with E-state index in [9.17, 15) is 13.6 Å². The molecule has 0 aliphatic carbocycles. The average Bonchev–Trinajstić information content (AvgIpc) is 2.79. The minimum absolute atomic E-state index is 0.147. The van der Waals surface area contributed by atoms with Gasteiger partial charge in [-0.2, -0.15) is 0 Å². The number of hydrogen-bond donors (Lipinski definition) is 1. The Balaban J connectivity index is 1.35. The molecule has 1 aliphatic heterocycles. The second-order valence-corrected chi connectivity index (χ2v) is 7.52. The highest BCUT2D eigenvalue weighted by Gasteiger charge is 2.23. The van der Waals surface area contributed by atoms with Gasteiger partial charge in [-0.3, -0.25) is 9.69 Å². The number of H-pyrrole nitrogens is 1. The van der Waals surface area contributed by atoms with E-state index in [0.717, 1.165) is 5.39 Å². The van der Waals surface area contributed by atoms with Gasteiger partial charge in [-0.15, -0.1) is 0 Å². The lowest BCUT2D eigenvalue weighted by molar-refractivity contribution is 0.141. The van der Waals surface area contributed by atoms with E-state index in [1.165, 1.54) is 0 Å². The molecule has 2 aromatic carbocycles. The van der Waals surface area contributed by atoms with Crippen molar-refractivity contribution in [2.45, 2.75) is 13.0 Å². The molecule has 7 nitrogen and oxygen atoms in total. The number of fused-ring (bicyclic) bond motifs is 2. The molecule has 2 aromatic heterocycles. The van der Waals surface area contributed by atoms with Gasteiger partial charge in [0.15, 0.2) is 5.82 Å². The van der Waals surface area contributed by atoms with E-state index < -0.39 is 12.2 Å². The standard InChI is InChI=1S/C22H20F2N6O/c23-19(24)20-26-16-7-3-1-5-14(16)21(28-20)30-11-9-29(10-12-30)13-18-25-17-8-4-2-6-15(17)22(31)27-18/h1-8,19H,9-13H2,(H,25,27,31). The van der Waals surface area contributed by atoms with Crippen molar-refractivity contribution in [2.24, 2.45) is 0 Å². The molecule has 5 rings (SSSR count). The lowest BCUT2D eigenvalue weighted by atomic mass is 10.2. The molecule has 1 fully saturated rings. The highest BCUT2D eigenvalue weighted by molar-refractivity contribution is 5.89. The zero-order chi connectivity index (χ0) is 21.4. The van der Waals surface area contributed by atoms with Crippen molar-refractivity contribution in [3.8, 4) is 0 Å². The van der Waals surface area contributed by atoms with Gasteiger partial charge in [0.05, 0.1) is 23.0 Å². The lowest BCUT2D eigenvalue weighted by Gasteiger charge is -2.35. The van der Waals surface area contributed by atoms with Crippen LogP contribution in [0.25, 0.3) is 21.8 Å². The molecule has 0 unspecified atom stereocenters. The monoisotopic (exact) mass is 422 g/mol. The molecule has 1 N–H and O–H groups in total. The summed E-state index contributed by atoms with van der Waals surface area (Å²) in [6, 6.07) is 14.5. The molecule has 1 aliphatic rings. The maximum atomic E-state index is 13.3. The van der Waals surface area contributed by atoms with Crippen LogP contribution in [0.1, 0.15) is 18.1 Å². The number of aromatic nitrogens is 4. The number of nitrogens with one attached hydrogen (secondary N) is 1. The summed E-state index contributed by atoms with van der Waals surface area (Å²) >= 11 is 0. The van der Waals surface area contributed by atoms with Crippen molar-refractivity contribution in [3.63, 3.8) is 0 Å². The first-order valence-electron chi connectivity index (χ1n) is 10.1. The fraction of sp³-hybridized carbons (Fsp3) is 0.273. The summed E-state index contributed by atoms with van der Waals surface area (Å²) in [5, 5.41) is 1.34. The van der Waals surface area contributed by atoms with E-state index in [2.05, 4.69) is 24.8 Å². The second kappa shape index (κ2) is 7.99. The third-order valence-electron chi connectivity index (χ3n) is 5.50. The van der Waals surface area contributed by atoms with Gasteiger partial charge in [-0.1, -0.05) is 24.3 Å². The molecule has 0 atom stereocenters. The first kappa shape index (κ1) is 19.5. The van der Waals surface area contributed by atoms with Crippen LogP contribution in [0.15, 0.2) is 53.3 Å². The molecule has 4 aromatic rings. The molecular weight excluding hydrogens is 402 g/mol.